The number of benzene rings is 2. The lowest BCUT2D eigenvalue weighted by Gasteiger charge is -2.33. The number of carbonyl (C=O) groups excluding carboxylic acids is 2. The molecule has 0 aliphatic heterocycles. The second-order valence-corrected chi connectivity index (χ2v) is 11.5. The summed E-state index contributed by atoms with van der Waals surface area (Å²) in [6.07, 6.45) is 0.901. The van der Waals surface area contributed by atoms with Gasteiger partial charge in [0.05, 0.1) is 16.9 Å². The molecular formula is C23H29ClN4O6S. The summed E-state index contributed by atoms with van der Waals surface area (Å²) in [5, 5.41) is 14.5. The Morgan fingerprint density at radius 3 is 2.26 bits per heavy atom. The van der Waals surface area contributed by atoms with Crippen LogP contribution in [0.2, 0.25) is 5.02 Å². The van der Waals surface area contributed by atoms with Crippen LogP contribution in [0.25, 0.3) is 0 Å². The van der Waals surface area contributed by atoms with Gasteiger partial charge in [-0.3, -0.25) is 24.0 Å². The van der Waals surface area contributed by atoms with E-state index in [0.29, 0.717) is 10.6 Å². The molecule has 2 aromatic rings. The van der Waals surface area contributed by atoms with Crippen LogP contribution in [-0.4, -0.2) is 54.4 Å². The first kappa shape index (κ1) is 28.1. The first-order chi connectivity index (χ1) is 16.1. The van der Waals surface area contributed by atoms with E-state index in [1.165, 1.54) is 23.1 Å². The number of carbonyl (C=O) groups is 2. The first-order valence-corrected chi connectivity index (χ1v) is 12.9. The van der Waals surface area contributed by atoms with Crippen LogP contribution < -0.4 is 9.62 Å². The van der Waals surface area contributed by atoms with Gasteiger partial charge in [0.2, 0.25) is 21.8 Å². The van der Waals surface area contributed by atoms with Crippen LogP contribution in [-0.2, 0) is 26.2 Å². The van der Waals surface area contributed by atoms with Crippen LogP contribution in [0.15, 0.2) is 48.5 Å². The minimum absolute atomic E-state index is 0.0151. The second-order valence-electron chi connectivity index (χ2n) is 9.11. The predicted molar refractivity (Wildman–Crippen MR) is 135 cm³/mol. The van der Waals surface area contributed by atoms with Gasteiger partial charge >= 0.3 is 0 Å². The molecule has 2 amide bonds. The average Bonchev–Trinajstić information content (AvgIpc) is 2.74. The molecule has 0 bridgehead atoms. The highest BCUT2D eigenvalue weighted by atomic mass is 35.5. The van der Waals surface area contributed by atoms with Crippen LogP contribution in [0.5, 0.6) is 0 Å². The highest BCUT2D eigenvalue weighted by Crippen LogP contribution is 2.24. The molecule has 0 aliphatic carbocycles. The van der Waals surface area contributed by atoms with Crippen molar-refractivity contribution in [1.82, 2.24) is 10.2 Å². The Hall–Kier alpha value is -3.18. The van der Waals surface area contributed by atoms with E-state index in [1.54, 1.807) is 52.0 Å². The normalized spacial score (nSPS) is 12.5. The molecule has 0 aliphatic rings. The molecule has 35 heavy (non-hydrogen) atoms. The van der Waals surface area contributed by atoms with Gasteiger partial charge in [0.25, 0.3) is 5.69 Å². The number of halogens is 1. The summed E-state index contributed by atoms with van der Waals surface area (Å²) < 4.78 is 25.9. The van der Waals surface area contributed by atoms with E-state index in [0.717, 1.165) is 16.6 Å². The number of nitro groups is 1. The number of sulfonamides is 1. The van der Waals surface area contributed by atoms with Gasteiger partial charge in [0.1, 0.15) is 12.6 Å². The summed E-state index contributed by atoms with van der Waals surface area (Å²) in [6, 6.07) is 10.7. The largest absolute Gasteiger partial charge is 0.350 e. The minimum atomic E-state index is -4.00. The topological polar surface area (TPSA) is 130 Å². The summed E-state index contributed by atoms with van der Waals surface area (Å²) in [7, 11) is -4.00. The van der Waals surface area contributed by atoms with Gasteiger partial charge < -0.3 is 10.2 Å². The van der Waals surface area contributed by atoms with Gasteiger partial charge in [0.15, 0.2) is 0 Å². The third-order valence-electron chi connectivity index (χ3n) is 4.94. The summed E-state index contributed by atoms with van der Waals surface area (Å²) in [5.74, 6) is -1.07. The smallest absolute Gasteiger partial charge is 0.271 e. The van der Waals surface area contributed by atoms with Gasteiger partial charge in [-0.05, 0) is 51.5 Å². The minimum Gasteiger partial charge on any atom is -0.350 e. The summed E-state index contributed by atoms with van der Waals surface area (Å²) in [5.41, 5.74) is -0.227. The van der Waals surface area contributed by atoms with Crippen molar-refractivity contribution in [3.63, 3.8) is 0 Å². The number of non-ortho nitro benzene ring substituents is 1. The number of amides is 2. The van der Waals surface area contributed by atoms with E-state index in [4.69, 9.17) is 11.6 Å². The fourth-order valence-corrected chi connectivity index (χ4v) is 4.19. The summed E-state index contributed by atoms with van der Waals surface area (Å²) in [4.78, 5) is 38.1. The van der Waals surface area contributed by atoms with E-state index in [1.807, 2.05) is 0 Å². The van der Waals surface area contributed by atoms with Gasteiger partial charge in [-0.25, -0.2) is 8.42 Å². The number of rotatable bonds is 9. The lowest BCUT2D eigenvalue weighted by atomic mass is 10.1. The van der Waals surface area contributed by atoms with Crippen LogP contribution in [0.3, 0.4) is 0 Å². The molecule has 0 fully saturated rings. The van der Waals surface area contributed by atoms with E-state index in [2.05, 4.69) is 5.32 Å². The van der Waals surface area contributed by atoms with Gasteiger partial charge in [-0.2, -0.15) is 0 Å². The molecule has 0 heterocycles. The molecule has 1 unspecified atom stereocenters. The molecule has 1 N–H and O–H groups in total. The van der Waals surface area contributed by atoms with Crippen molar-refractivity contribution in [3.8, 4) is 0 Å². The fraction of sp³-hybridized carbons (Fsp3) is 0.391. The SMILES string of the molecule is CC(C(=O)NC(C)(C)C)N(Cc1ccc(Cl)cc1)C(=O)CN(c1cccc([N+](=O)[O-])c1)S(C)(=O)=O. The maximum atomic E-state index is 13.5. The van der Waals surface area contributed by atoms with Crippen molar-refractivity contribution in [3.05, 3.63) is 69.2 Å². The number of hydrogen-bond acceptors (Lipinski definition) is 6. The number of hydrogen-bond donors (Lipinski definition) is 1. The van der Waals surface area contributed by atoms with Crippen molar-refractivity contribution in [1.29, 1.82) is 0 Å². The fourth-order valence-electron chi connectivity index (χ4n) is 3.22. The molecule has 0 saturated heterocycles. The molecule has 0 saturated carbocycles. The Balaban J connectivity index is 2.43. The lowest BCUT2D eigenvalue weighted by molar-refractivity contribution is -0.384. The van der Waals surface area contributed by atoms with Gasteiger partial charge in [0, 0.05) is 29.2 Å². The molecule has 2 rings (SSSR count). The van der Waals surface area contributed by atoms with Gasteiger partial charge in [-0.15, -0.1) is 0 Å². The van der Waals surface area contributed by atoms with Crippen LogP contribution in [0.1, 0.15) is 33.3 Å². The van der Waals surface area contributed by atoms with Gasteiger partial charge in [-0.1, -0.05) is 29.8 Å². The summed E-state index contributed by atoms with van der Waals surface area (Å²) >= 11 is 5.95. The Kier molecular flexibility index (Phi) is 8.85. The molecule has 10 nitrogen and oxygen atoms in total. The third kappa shape index (κ3) is 8.22. The number of nitrogens with zero attached hydrogens (tertiary/aromatic N) is 3. The quantitative estimate of drug-likeness (QED) is 0.395. The van der Waals surface area contributed by atoms with E-state index in [9.17, 15) is 28.1 Å². The molecule has 12 heteroatoms. The summed E-state index contributed by atoms with van der Waals surface area (Å²) in [6.45, 7) is 6.32. The van der Waals surface area contributed by atoms with Crippen molar-refractivity contribution >= 4 is 44.8 Å². The highest BCUT2D eigenvalue weighted by Gasteiger charge is 2.31. The zero-order valence-corrected chi connectivity index (χ0v) is 21.8. The molecule has 1 atom stereocenters. The molecule has 0 spiro atoms. The standard InChI is InChI=1S/C23H29ClN4O6S/c1-16(22(30)25-23(2,3)4)26(14-17-9-11-18(24)12-10-17)21(29)15-27(35(5,33)34)19-7-6-8-20(13-19)28(31)32/h6-13,16H,14-15H2,1-5H3,(H,25,30). The second kappa shape index (κ2) is 11.0. The van der Waals surface area contributed by atoms with Crippen LogP contribution in [0, 0.1) is 10.1 Å². The molecular weight excluding hydrogens is 496 g/mol. The molecule has 190 valence electrons. The monoisotopic (exact) mass is 524 g/mol. The Labute approximate surface area is 210 Å². The Bertz CT molecular complexity index is 1200. The maximum Gasteiger partial charge on any atom is 0.271 e. The molecule has 0 aromatic heterocycles. The van der Waals surface area contributed by atoms with Crippen molar-refractivity contribution in [2.24, 2.45) is 0 Å². The van der Waals surface area contributed by atoms with Crippen molar-refractivity contribution in [2.45, 2.75) is 45.8 Å². The van der Waals surface area contributed by atoms with Crippen LogP contribution >= 0.6 is 11.6 Å². The Morgan fingerprint density at radius 2 is 1.74 bits per heavy atom. The maximum absolute atomic E-state index is 13.5. The van der Waals surface area contributed by atoms with Crippen molar-refractivity contribution in [2.75, 3.05) is 17.1 Å². The molecule has 0 radical (unpaired) electrons. The first-order valence-electron chi connectivity index (χ1n) is 10.7. The zero-order valence-electron chi connectivity index (χ0n) is 20.2. The number of anilines is 1. The van der Waals surface area contributed by atoms with Crippen molar-refractivity contribution < 1.29 is 22.9 Å². The van der Waals surface area contributed by atoms with E-state index < -0.39 is 44.9 Å². The third-order valence-corrected chi connectivity index (χ3v) is 6.33. The number of nitrogens with one attached hydrogen (secondary N) is 1. The predicted octanol–water partition coefficient (Wildman–Crippen LogP) is 3.35. The van der Waals surface area contributed by atoms with E-state index >= 15 is 0 Å². The lowest BCUT2D eigenvalue weighted by Crippen LogP contribution is -2.54. The Morgan fingerprint density at radius 1 is 1.14 bits per heavy atom. The average molecular weight is 525 g/mol. The zero-order chi connectivity index (χ0) is 26.6. The van der Waals surface area contributed by atoms with Crippen LogP contribution in [0.4, 0.5) is 11.4 Å². The molecule has 2 aromatic carbocycles. The number of nitro benzene ring substituents is 1. The highest BCUT2D eigenvalue weighted by molar-refractivity contribution is 7.92. The van der Waals surface area contributed by atoms with E-state index in [-0.39, 0.29) is 17.9 Å².